The van der Waals surface area contributed by atoms with Gasteiger partial charge >= 0.3 is 0 Å². The molecule has 0 aliphatic heterocycles. The number of fused-ring (bicyclic) bond motifs is 1. The zero-order valence-electron chi connectivity index (χ0n) is 12.9. The third-order valence-electron chi connectivity index (χ3n) is 4.24. The van der Waals surface area contributed by atoms with E-state index in [2.05, 4.69) is 15.4 Å². The molecule has 1 amide bonds. The molecule has 0 aromatic carbocycles. The van der Waals surface area contributed by atoms with E-state index in [-0.39, 0.29) is 5.91 Å². The summed E-state index contributed by atoms with van der Waals surface area (Å²) in [7, 11) is 0. The second kappa shape index (κ2) is 5.47. The number of nitrogens with zero attached hydrogens (tertiary/aromatic N) is 3. The molecule has 2 heterocycles. The van der Waals surface area contributed by atoms with Gasteiger partial charge in [-0.05, 0) is 39.7 Å². The van der Waals surface area contributed by atoms with Crippen molar-refractivity contribution in [1.29, 1.82) is 0 Å². The maximum absolute atomic E-state index is 12.6. The van der Waals surface area contributed by atoms with Gasteiger partial charge in [0.1, 0.15) is 0 Å². The van der Waals surface area contributed by atoms with Crippen LogP contribution in [0.4, 0.5) is 0 Å². The lowest BCUT2D eigenvalue weighted by Crippen LogP contribution is -2.32. The Morgan fingerprint density at radius 2 is 2.10 bits per heavy atom. The smallest absolute Gasteiger partial charge is 0.252 e. The Hall–Kier alpha value is -1.91. The fourth-order valence-corrected chi connectivity index (χ4v) is 3.21. The molecule has 0 unspecified atom stereocenters. The molecule has 21 heavy (non-hydrogen) atoms. The van der Waals surface area contributed by atoms with Gasteiger partial charge in [-0.25, -0.2) is 9.67 Å². The molecule has 0 bridgehead atoms. The molecule has 1 aliphatic carbocycles. The summed E-state index contributed by atoms with van der Waals surface area (Å²) >= 11 is 0. The van der Waals surface area contributed by atoms with Gasteiger partial charge < -0.3 is 5.32 Å². The van der Waals surface area contributed by atoms with Crippen LogP contribution in [0.1, 0.15) is 54.4 Å². The van der Waals surface area contributed by atoms with Gasteiger partial charge in [0.05, 0.1) is 16.6 Å². The van der Waals surface area contributed by atoms with Crippen molar-refractivity contribution in [3.63, 3.8) is 0 Å². The van der Waals surface area contributed by atoms with Crippen LogP contribution in [0.3, 0.4) is 0 Å². The van der Waals surface area contributed by atoms with Crippen LogP contribution in [0.2, 0.25) is 0 Å². The predicted molar refractivity (Wildman–Crippen MR) is 82.4 cm³/mol. The van der Waals surface area contributed by atoms with Gasteiger partial charge in [-0.3, -0.25) is 4.79 Å². The normalized spacial score (nSPS) is 15.8. The Balaban J connectivity index is 2.04. The molecule has 0 radical (unpaired) electrons. The minimum Gasteiger partial charge on any atom is -0.349 e. The van der Waals surface area contributed by atoms with Gasteiger partial charge in [0.15, 0.2) is 5.65 Å². The highest BCUT2D eigenvalue weighted by Crippen LogP contribution is 2.24. The summed E-state index contributed by atoms with van der Waals surface area (Å²) in [6.45, 7) is 6.66. The monoisotopic (exact) mass is 286 g/mol. The van der Waals surface area contributed by atoms with Crippen LogP contribution >= 0.6 is 0 Å². The fraction of sp³-hybridized carbons (Fsp3) is 0.562. The van der Waals surface area contributed by atoms with Crippen LogP contribution in [-0.4, -0.2) is 26.7 Å². The maximum atomic E-state index is 12.6. The van der Waals surface area contributed by atoms with Gasteiger partial charge in [0.2, 0.25) is 0 Å². The van der Waals surface area contributed by atoms with E-state index < -0.39 is 0 Å². The van der Waals surface area contributed by atoms with Crippen molar-refractivity contribution in [3.05, 3.63) is 23.0 Å². The second-order valence-electron chi connectivity index (χ2n) is 5.87. The third-order valence-corrected chi connectivity index (χ3v) is 4.24. The molecule has 5 nitrogen and oxygen atoms in total. The van der Waals surface area contributed by atoms with E-state index in [0.717, 1.165) is 41.8 Å². The number of hydrogen-bond donors (Lipinski definition) is 1. The minimum absolute atomic E-state index is 0.0103. The van der Waals surface area contributed by atoms with Gasteiger partial charge in [0, 0.05) is 18.3 Å². The van der Waals surface area contributed by atoms with E-state index in [9.17, 15) is 4.79 Å². The molecule has 5 heteroatoms. The van der Waals surface area contributed by atoms with E-state index >= 15 is 0 Å². The van der Waals surface area contributed by atoms with E-state index in [1.165, 1.54) is 12.8 Å². The lowest BCUT2D eigenvalue weighted by molar-refractivity contribution is 0.0939. The summed E-state index contributed by atoms with van der Waals surface area (Å²) in [6.07, 6.45) is 4.60. The maximum Gasteiger partial charge on any atom is 0.252 e. The van der Waals surface area contributed by atoms with E-state index in [1.807, 2.05) is 31.5 Å². The van der Waals surface area contributed by atoms with Crippen molar-refractivity contribution >= 4 is 16.9 Å². The summed E-state index contributed by atoms with van der Waals surface area (Å²) in [5.41, 5.74) is 3.25. The van der Waals surface area contributed by atoms with Crippen LogP contribution in [0, 0.1) is 13.8 Å². The summed E-state index contributed by atoms with van der Waals surface area (Å²) in [6, 6.07) is 2.20. The zero-order chi connectivity index (χ0) is 15.0. The molecule has 2 aromatic rings. The van der Waals surface area contributed by atoms with Crippen molar-refractivity contribution in [1.82, 2.24) is 20.1 Å². The molecule has 3 rings (SSSR count). The van der Waals surface area contributed by atoms with Crippen molar-refractivity contribution in [3.8, 4) is 0 Å². The molecule has 1 saturated carbocycles. The fourth-order valence-electron chi connectivity index (χ4n) is 3.21. The van der Waals surface area contributed by atoms with Crippen LogP contribution in [0.5, 0.6) is 0 Å². The quantitative estimate of drug-likeness (QED) is 0.943. The minimum atomic E-state index is 0.0103. The predicted octanol–water partition coefficient (Wildman–Crippen LogP) is 2.74. The number of rotatable bonds is 3. The molecule has 0 atom stereocenters. The zero-order valence-corrected chi connectivity index (χ0v) is 12.9. The number of nitrogens with one attached hydrogen (secondary N) is 1. The molecule has 0 saturated heterocycles. The lowest BCUT2D eigenvalue weighted by Gasteiger charge is -2.13. The van der Waals surface area contributed by atoms with Crippen molar-refractivity contribution in [2.45, 2.75) is 59.0 Å². The van der Waals surface area contributed by atoms with Gasteiger partial charge in [0.25, 0.3) is 5.91 Å². The number of carbonyl (C=O) groups is 1. The molecular weight excluding hydrogens is 264 g/mol. The van der Waals surface area contributed by atoms with Gasteiger partial charge in [-0.1, -0.05) is 12.8 Å². The van der Waals surface area contributed by atoms with Gasteiger partial charge in [-0.2, -0.15) is 5.10 Å². The molecule has 1 N–H and O–H groups in total. The molecule has 2 aromatic heterocycles. The Morgan fingerprint density at radius 1 is 1.38 bits per heavy atom. The van der Waals surface area contributed by atoms with E-state index in [1.54, 1.807) is 0 Å². The first-order valence-electron chi connectivity index (χ1n) is 7.75. The Bertz CT molecular complexity index is 683. The van der Waals surface area contributed by atoms with Crippen molar-refractivity contribution < 1.29 is 4.79 Å². The second-order valence-corrected chi connectivity index (χ2v) is 5.87. The Kier molecular flexibility index (Phi) is 3.66. The molecule has 112 valence electrons. The molecule has 1 fully saturated rings. The van der Waals surface area contributed by atoms with Gasteiger partial charge in [-0.15, -0.1) is 0 Å². The lowest BCUT2D eigenvalue weighted by atomic mass is 10.1. The number of carbonyl (C=O) groups excluding carboxylic acids is 1. The Morgan fingerprint density at radius 3 is 2.76 bits per heavy atom. The summed E-state index contributed by atoms with van der Waals surface area (Å²) in [5.74, 6) is 0.0103. The Labute approximate surface area is 124 Å². The van der Waals surface area contributed by atoms with Crippen LogP contribution in [0.25, 0.3) is 11.0 Å². The average Bonchev–Trinajstić information content (AvgIpc) is 3.06. The topological polar surface area (TPSA) is 59.8 Å². The number of aromatic nitrogens is 3. The third kappa shape index (κ3) is 2.52. The highest BCUT2D eigenvalue weighted by molar-refractivity contribution is 6.06. The van der Waals surface area contributed by atoms with E-state index in [0.29, 0.717) is 11.6 Å². The average molecular weight is 286 g/mol. The molecule has 0 spiro atoms. The van der Waals surface area contributed by atoms with Crippen molar-refractivity contribution in [2.24, 2.45) is 0 Å². The summed E-state index contributed by atoms with van der Waals surface area (Å²) in [5, 5.41) is 8.55. The highest BCUT2D eigenvalue weighted by Gasteiger charge is 2.22. The first kappa shape index (κ1) is 14.0. The first-order valence-corrected chi connectivity index (χ1v) is 7.75. The van der Waals surface area contributed by atoms with Crippen molar-refractivity contribution in [2.75, 3.05) is 0 Å². The van der Waals surface area contributed by atoms with E-state index in [4.69, 9.17) is 0 Å². The first-order chi connectivity index (χ1) is 10.1. The highest BCUT2D eigenvalue weighted by atomic mass is 16.1. The number of pyridine rings is 1. The number of hydrogen-bond acceptors (Lipinski definition) is 3. The largest absolute Gasteiger partial charge is 0.349 e. The molecular formula is C16H22N4O. The van der Waals surface area contributed by atoms with Crippen LogP contribution in [0.15, 0.2) is 6.07 Å². The summed E-state index contributed by atoms with van der Waals surface area (Å²) < 4.78 is 1.87. The number of aryl methyl sites for hydroxylation is 3. The van der Waals surface area contributed by atoms with Crippen LogP contribution in [-0.2, 0) is 6.54 Å². The SMILES string of the molecule is CCn1nc(C)c2c(C(=O)NC3CCCC3)cc(C)nc21. The standard InChI is InChI=1S/C16H22N4O/c1-4-20-15-14(11(3)19-20)13(9-10(2)17-15)16(21)18-12-7-5-6-8-12/h9,12H,4-8H2,1-3H3,(H,18,21). The summed E-state index contributed by atoms with van der Waals surface area (Å²) in [4.78, 5) is 17.2. The number of amides is 1. The molecule has 1 aliphatic rings. The van der Waals surface area contributed by atoms with Crippen LogP contribution < -0.4 is 5.32 Å².